The first-order chi connectivity index (χ1) is 16.7. The summed E-state index contributed by atoms with van der Waals surface area (Å²) in [6.07, 6.45) is 1.93. The molecule has 9 heteroatoms. The van der Waals surface area contributed by atoms with Crippen molar-refractivity contribution in [2.75, 3.05) is 87.4 Å². The van der Waals surface area contributed by atoms with E-state index in [0.717, 1.165) is 89.3 Å². The lowest BCUT2D eigenvalue weighted by atomic mass is 9.96. The fraction of sp³-hybridized carbons (Fsp3) is 0.560. The van der Waals surface area contributed by atoms with Crippen molar-refractivity contribution in [1.29, 1.82) is 0 Å². The maximum absolute atomic E-state index is 13.3. The van der Waals surface area contributed by atoms with Crippen molar-refractivity contribution in [3.63, 3.8) is 0 Å². The lowest BCUT2D eigenvalue weighted by Gasteiger charge is -2.40. The van der Waals surface area contributed by atoms with E-state index < -0.39 is 0 Å². The number of nitrogens with zero attached hydrogens (tertiary/aromatic N) is 6. The van der Waals surface area contributed by atoms with Gasteiger partial charge in [0.15, 0.2) is 11.6 Å². The minimum Gasteiger partial charge on any atom is -0.497 e. The molecule has 0 bridgehead atoms. The van der Waals surface area contributed by atoms with E-state index in [1.165, 1.54) is 5.69 Å². The summed E-state index contributed by atoms with van der Waals surface area (Å²) in [5.41, 5.74) is 1.18. The zero-order chi connectivity index (χ0) is 23.3. The second kappa shape index (κ2) is 10.5. The molecule has 3 aliphatic heterocycles. The average Bonchev–Trinajstić information content (AvgIpc) is 2.93. The number of benzene rings is 1. The molecule has 0 N–H and O–H groups in total. The number of piperidine rings is 1. The smallest absolute Gasteiger partial charge is 0.227 e. The van der Waals surface area contributed by atoms with Crippen LogP contribution in [0, 0.1) is 5.92 Å². The van der Waals surface area contributed by atoms with Gasteiger partial charge < -0.3 is 29.1 Å². The van der Waals surface area contributed by atoms with Crippen LogP contribution in [0.25, 0.3) is 0 Å². The summed E-state index contributed by atoms with van der Waals surface area (Å²) in [5, 5.41) is 8.95. The third-order valence-electron chi connectivity index (χ3n) is 7.10. The maximum atomic E-state index is 13.3. The molecule has 3 fully saturated rings. The van der Waals surface area contributed by atoms with Crippen LogP contribution in [0.15, 0.2) is 36.4 Å². The van der Waals surface area contributed by atoms with Crippen molar-refractivity contribution >= 4 is 23.2 Å². The van der Waals surface area contributed by atoms with Crippen molar-refractivity contribution < 1.29 is 14.3 Å². The molecule has 0 spiro atoms. The predicted molar refractivity (Wildman–Crippen MR) is 132 cm³/mol. The Morgan fingerprint density at radius 3 is 2.18 bits per heavy atom. The lowest BCUT2D eigenvalue weighted by Crippen LogP contribution is -2.52. The second-order valence-corrected chi connectivity index (χ2v) is 9.14. The van der Waals surface area contributed by atoms with Gasteiger partial charge in [-0.1, -0.05) is 0 Å². The molecule has 1 atom stereocenters. The molecule has 5 rings (SSSR count). The topological polar surface area (TPSA) is 74.3 Å². The average molecular weight is 467 g/mol. The van der Waals surface area contributed by atoms with Gasteiger partial charge in [-0.05, 0) is 49.2 Å². The van der Waals surface area contributed by atoms with Gasteiger partial charge in [-0.25, -0.2) is 0 Å². The van der Waals surface area contributed by atoms with E-state index in [1.54, 1.807) is 7.11 Å². The van der Waals surface area contributed by atoms with Gasteiger partial charge in [-0.3, -0.25) is 4.79 Å². The molecule has 1 aromatic heterocycles. The molecule has 0 aliphatic carbocycles. The number of methoxy groups -OCH3 is 1. The van der Waals surface area contributed by atoms with Crippen molar-refractivity contribution in [3.05, 3.63) is 36.4 Å². The number of hydrogen-bond acceptors (Lipinski definition) is 8. The van der Waals surface area contributed by atoms with Gasteiger partial charge in [0.25, 0.3) is 0 Å². The minimum atomic E-state index is 0.0157. The van der Waals surface area contributed by atoms with Gasteiger partial charge in [-0.2, -0.15) is 0 Å². The van der Waals surface area contributed by atoms with Crippen LogP contribution in [0.1, 0.15) is 12.8 Å². The number of morpholine rings is 1. The van der Waals surface area contributed by atoms with Crippen LogP contribution in [0.2, 0.25) is 0 Å². The highest BCUT2D eigenvalue weighted by atomic mass is 16.5. The Morgan fingerprint density at radius 1 is 0.853 bits per heavy atom. The van der Waals surface area contributed by atoms with Crippen LogP contribution in [0.5, 0.6) is 5.75 Å². The van der Waals surface area contributed by atoms with Gasteiger partial charge in [0.05, 0.1) is 26.2 Å². The largest absolute Gasteiger partial charge is 0.497 e. The summed E-state index contributed by atoms with van der Waals surface area (Å²) >= 11 is 0. The summed E-state index contributed by atoms with van der Waals surface area (Å²) in [6, 6.07) is 12.2. The first kappa shape index (κ1) is 22.7. The maximum Gasteiger partial charge on any atom is 0.227 e. The Kier molecular flexibility index (Phi) is 6.99. The molecule has 1 unspecified atom stereocenters. The van der Waals surface area contributed by atoms with E-state index in [1.807, 2.05) is 29.2 Å². The Bertz CT molecular complexity index is 940. The van der Waals surface area contributed by atoms with E-state index >= 15 is 0 Å². The molecule has 0 saturated carbocycles. The number of ether oxygens (including phenoxy) is 2. The first-order valence-corrected chi connectivity index (χ1v) is 12.3. The van der Waals surface area contributed by atoms with Gasteiger partial charge >= 0.3 is 0 Å². The van der Waals surface area contributed by atoms with E-state index in [-0.39, 0.29) is 11.8 Å². The SMILES string of the molecule is COc1ccc(N2CCN(C(=O)C3CCCN(c4ccc(N5CCOCC5)nn4)C3)CC2)cc1. The molecule has 1 aromatic carbocycles. The summed E-state index contributed by atoms with van der Waals surface area (Å²) in [6.45, 7) is 8.00. The molecule has 34 heavy (non-hydrogen) atoms. The van der Waals surface area contributed by atoms with Gasteiger partial charge in [0.1, 0.15) is 5.75 Å². The van der Waals surface area contributed by atoms with Gasteiger partial charge in [-0.15, -0.1) is 10.2 Å². The minimum absolute atomic E-state index is 0.0157. The molecule has 4 heterocycles. The Labute approximate surface area is 201 Å². The number of hydrogen-bond donors (Lipinski definition) is 0. The molecular formula is C25H34N6O3. The number of piperazine rings is 1. The molecule has 182 valence electrons. The number of carbonyl (C=O) groups is 1. The van der Waals surface area contributed by atoms with E-state index in [2.05, 4.69) is 37.0 Å². The van der Waals surface area contributed by atoms with Crippen molar-refractivity contribution in [2.45, 2.75) is 12.8 Å². The zero-order valence-corrected chi connectivity index (χ0v) is 19.9. The fourth-order valence-electron chi connectivity index (χ4n) is 5.07. The van der Waals surface area contributed by atoms with Crippen LogP contribution >= 0.6 is 0 Å². The van der Waals surface area contributed by atoms with Crippen molar-refractivity contribution in [2.24, 2.45) is 5.92 Å². The first-order valence-electron chi connectivity index (χ1n) is 12.3. The molecular weight excluding hydrogens is 432 g/mol. The van der Waals surface area contributed by atoms with Crippen LogP contribution in [-0.4, -0.2) is 93.7 Å². The number of amides is 1. The van der Waals surface area contributed by atoms with E-state index in [9.17, 15) is 4.79 Å². The highest BCUT2D eigenvalue weighted by Gasteiger charge is 2.31. The molecule has 2 aromatic rings. The molecule has 9 nitrogen and oxygen atoms in total. The van der Waals surface area contributed by atoms with Gasteiger partial charge in [0, 0.05) is 58.0 Å². The van der Waals surface area contributed by atoms with E-state index in [4.69, 9.17) is 9.47 Å². The fourth-order valence-corrected chi connectivity index (χ4v) is 5.07. The molecule has 1 amide bonds. The zero-order valence-electron chi connectivity index (χ0n) is 19.9. The summed E-state index contributed by atoms with van der Waals surface area (Å²) in [5.74, 6) is 2.91. The third kappa shape index (κ3) is 5.04. The third-order valence-corrected chi connectivity index (χ3v) is 7.10. The van der Waals surface area contributed by atoms with Crippen LogP contribution in [0.3, 0.4) is 0 Å². The lowest BCUT2D eigenvalue weighted by molar-refractivity contribution is -0.136. The molecule has 3 saturated heterocycles. The Morgan fingerprint density at radius 2 is 1.53 bits per heavy atom. The molecule has 3 aliphatic rings. The second-order valence-electron chi connectivity index (χ2n) is 9.14. The Balaban J connectivity index is 1.15. The van der Waals surface area contributed by atoms with Crippen LogP contribution < -0.4 is 19.4 Å². The number of aromatic nitrogens is 2. The van der Waals surface area contributed by atoms with Crippen molar-refractivity contribution in [3.8, 4) is 5.75 Å². The molecule has 0 radical (unpaired) electrons. The summed E-state index contributed by atoms with van der Waals surface area (Å²) in [7, 11) is 1.68. The number of anilines is 3. The summed E-state index contributed by atoms with van der Waals surface area (Å²) < 4.78 is 10.7. The van der Waals surface area contributed by atoms with Crippen molar-refractivity contribution in [1.82, 2.24) is 15.1 Å². The van der Waals surface area contributed by atoms with Crippen LogP contribution in [0.4, 0.5) is 17.3 Å². The van der Waals surface area contributed by atoms with Gasteiger partial charge in [0.2, 0.25) is 5.91 Å². The monoisotopic (exact) mass is 466 g/mol. The predicted octanol–water partition coefficient (Wildman–Crippen LogP) is 1.89. The Hall–Kier alpha value is -3.07. The highest BCUT2D eigenvalue weighted by molar-refractivity contribution is 5.80. The van der Waals surface area contributed by atoms with Crippen LogP contribution in [-0.2, 0) is 9.53 Å². The highest BCUT2D eigenvalue weighted by Crippen LogP contribution is 2.26. The number of carbonyl (C=O) groups excluding carboxylic acids is 1. The standard InChI is InChI=1S/C25H34N6O3/c1-33-22-6-4-21(5-7-22)28-11-13-30(14-12-28)25(32)20-3-2-10-31(19-20)24-9-8-23(26-27-24)29-15-17-34-18-16-29/h4-9,20H,2-3,10-19H2,1H3. The summed E-state index contributed by atoms with van der Waals surface area (Å²) in [4.78, 5) is 22.1. The normalized spacial score (nSPS) is 21.5. The quantitative estimate of drug-likeness (QED) is 0.662. The van der Waals surface area contributed by atoms with E-state index in [0.29, 0.717) is 6.54 Å². The number of rotatable bonds is 5.